The van der Waals surface area contributed by atoms with Crippen molar-refractivity contribution in [2.24, 2.45) is 11.3 Å². The van der Waals surface area contributed by atoms with Gasteiger partial charge in [0.05, 0.1) is 0 Å². The molecule has 1 fully saturated rings. The molecule has 1 aliphatic rings. The third kappa shape index (κ3) is 3.27. The number of nitrogens with zero attached hydrogens (tertiary/aromatic N) is 4. The first-order chi connectivity index (χ1) is 11.3. The van der Waals surface area contributed by atoms with Gasteiger partial charge in [0, 0.05) is 25.0 Å². The lowest BCUT2D eigenvalue weighted by Gasteiger charge is -2.40. The van der Waals surface area contributed by atoms with Crippen molar-refractivity contribution in [1.29, 1.82) is 0 Å². The summed E-state index contributed by atoms with van der Waals surface area (Å²) < 4.78 is 28.9. The molecular formula is C16H19F2N5O. The van der Waals surface area contributed by atoms with Crippen LogP contribution in [0.5, 0.6) is 0 Å². The number of aromatic nitrogens is 4. The number of anilines is 1. The fourth-order valence-corrected chi connectivity index (χ4v) is 2.97. The third-order valence-corrected chi connectivity index (χ3v) is 4.55. The summed E-state index contributed by atoms with van der Waals surface area (Å²) in [7, 11) is 0. The van der Waals surface area contributed by atoms with Crippen LogP contribution in [0.1, 0.15) is 33.1 Å². The predicted molar refractivity (Wildman–Crippen MR) is 83.9 cm³/mol. The normalized spacial score (nSPS) is 22.1. The summed E-state index contributed by atoms with van der Waals surface area (Å²) in [6.45, 7) is 3.69. The number of carbonyl (C=O) groups excluding carboxylic acids is 1. The Balaban J connectivity index is 1.82. The van der Waals surface area contributed by atoms with Crippen molar-refractivity contribution >= 4 is 11.9 Å². The standard InChI is InChI=1S/C16H19F2N5O/c1-15(2)6-7-16(17,18)9-11(15)13(24)22-14-20-10-21-23(14)12-5-3-4-8-19-12/h3-5,8,10-11H,6-7,9H2,1-2H3,(H,20,21,22,24). The van der Waals surface area contributed by atoms with Gasteiger partial charge in [-0.1, -0.05) is 19.9 Å². The number of hydrogen-bond acceptors (Lipinski definition) is 4. The lowest BCUT2D eigenvalue weighted by Crippen LogP contribution is -2.44. The van der Waals surface area contributed by atoms with Gasteiger partial charge < -0.3 is 0 Å². The fourth-order valence-electron chi connectivity index (χ4n) is 2.97. The molecule has 0 aliphatic heterocycles. The van der Waals surface area contributed by atoms with Gasteiger partial charge in [-0.3, -0.25) is 10.1 Å². The zero-order valence-electron chi connectivity index (χ0n) is 13.5. The second-order valence-electron chi connectivity index (χ2n) is 6.77. The van der Waals surface area contributed by atoms with Crippen LogP contribution in [0.15, 0.2) is 30.7 Å². The predicted octanol–water partition coefficient (Wildman–Crippen LogP) is 3.06. The minimum absolute atomic E-state index is 0.170. The van der Waals surface area contributed by atoms with E-state index in [-0.39, 0.29) is 12.4 Å². The van der Waals surface area contributed by atoms with Crippen molar-refractivity contribution in [2.45, 2.75) is 39.0 Å². The van der Waals surface area contributed by atoms with E-state index in [0.29, 0.717) is 12.2 Å². The smallest absolute Gasteiger partial charge is 0.249 e. The SMILES string of the molecule is CC1(C)CCC(F)(F)CC1C(=O)Nc1ncnn1-c1ccccn1. The molecule has 6 nitrogen and oxygen atoms in total. The molecule has 0 bridgehead atoms. The largest absolute Gasteiger partial charge is 0.294 e. The summed E-state index contributed by atoms with van der Waals surface area (Å²) in [6.07, 6.45) is 2.53. The highest BCUT2D eigenvalue weighted by molar-refractivity contribution is 5.91. The van der Waals surface area contributed by atoms with Gasteiger partial charge >= 0.3 is 0 Å². The van der Waals surface area contributed by atoms with Crippen LogP contribution in [0.4, 0.5) is 14.7 Å². The molecule has 24 heavy (non-hydrogen) atoms. The Morgan fingerprint density at radius 3 is 2.79 bits per heavy atom. The summed E-state index contributed by atoms with van der Waals surface area (Å²) in [5.74, 6) is -3.42. The number of rotatable bonds is 3. The van der Waals surface area contributed by atoms with Crippen LogP contribution in [0, 0.1) is 11.3 Å². The summed E-state index contributed by atoms with van der Waals surface area (Å²) in [5, 5.41) is 6.66. The van der Waals surface area contributed by atoms with Gasteiger partial charge in [-0.05, 0) is 24.0 Å². The molecule has 2 aromatic rings. The van der Waals surface area contributed by atoms with E-state index < -0.39 is 29.6 Å². The Bertz CT molecular complexity index is 729. The van der Waals surface area contributed by atoms with Crippen LogP contribution in [-0.2, 0) is 4.79 Å². The highest BCUT2D eigenvalue weighted by Gasteiger charge is 2.48. The highest BCUT2D eigenvalue weighted by atomic mass is 19.3. The second kappa shape index (κ2) is 5.92. The van der Waals surface area contributed by atoms with Crippen LogP contribution in [0.2, 0.25) is 0 Å². The molecule has 1 atom stereocenters. The average molecular weight is 335 g/mol. The first-order valence-corrected chi connectivity index (χ1v) is 7.79. The monoisotopic (exact) mass is 335 g/mol. The number of halogens is 2. The molecule has 1 unspecified atom stereocenters. The van der Waals surface area contributed by atoms with E-state index in [1.807, 2.05) is 13.8 Å². The molecule has 2 aromatic heterocycles. The molecule has 2 heterocycles. The maximum Gasteiger partial charge on any atom is 0.249 e. The van der Waals surface area contributed by atoms with Crippen LogP contribution < -0.4 is 5.32 Å². The summed E-state index contributed by atoms with van der Waals surface area (Å²) in [4.78, 5) is 20.8. The second-order valence-corrected chi connectivity index (χ2v) is 6.77. The molecule has 8 heteroatoms. The van der Waals surface area contributed by atoms with Crippen LogP contribution in [0.25, 0.3) is 5.82 Å². The highest BCUT2D eigenvalue weighted by Crippen LogP contribution is 2.47. The van der Waals surface area contributed by atoms with E-state index in [0.717, 1.165) is 0 Å². The average Bonchev–Trinajstić information content (AvgIpc) is 2.99. The zero-order chi connectivity index (χ0) is 17.4. The van der Waals surface area contributed by atoms with Gasteiger partial charge in [-0.2, -0.15) is 14.8 Å². The Hall–Kier alpha value is -2.38. The zero-order valence-corrected chi connectivity index (χ0v) is 13.5. The van der Waals surface area contributed by atoms with E-state index in [2.05, 4.69) is 20.4 Å². The Morgan fingerprint density at radius 1 is 1.29 bits per heavy atom. The Morgan fingerprint density at radius 2 is 2.08 bits per heavy atom. The minimum atomic E-state index is -2.81. The summed E-state index contributed by atoms with van der Waals surface area (Å²) in [5.41, 5.74) is -0.498. The maximum atomic E-state index is 13.8. The molecule has 0 saturated heterocycles. The number of pyridine rings is 1. The molecule has 0 aromatic carbocycles. The molecule has 0 spiro atoms. The molecule has 3 rings (SSSR count). The molecule has 1 amide bonds. The Labute approximate surface area is 138 Å². The van der Waals surface area contributed by atoms with Crippen molar-refractivity contribution in [2.75, 3.05) is 5.32 Å². The van der Waals surface area contributed by atoms with E-state index in [1.165, 1.54) is 11.0 Å². The molecule has 0 radical (unpaired) electrons. The van der Waals surface area contributed by atoms with Gasteiger partial charge in [-0.15, -0.1) is 0 Å². The van der Waals surface area contributed by atoms with Gasteiger partial charge in [0.15, 0.2) is 5.82 Å². The first kappa shape index (κ1) is 16.5. The van der Waals surface area contributed by atoms with Crippen LogP contribution >= 0.6 is 0 Å². The lowest BCUT2D eigenvalue weighted by molar-refractivity contribution is -0.137. The molecular weight excluding hydrogens is 316 g/mol. The third-order valence-electron chi connectivity index (χ3n) is 4.55. The Kier molecular flexibility index (Phi) is 4.06. The lowest BCUT2D eigenvalue weighted by atomic mass is 9.67. The molecule has 1 N–H and O–H groups in total. The maximum absolute atomic E-state index is 13.8. The number of carbonyl (C=O) groups is 1. The van der Waals surface area contributed by atoms with Crippen molar-refractivity contribution in [1.82, 2.24) is 19.7 Å². The first-order valence-electron chi connectivity index (χ1n) is 7.79. The van der Waals surface area contributed by atoms with Gasteiger partial charge in [0.2, 0.25) is 17.8 Å². The minimum Gasteiger partial charge on any atom is -0.294 e. The van der Waals surface area contributed by atoms with E-state index in [4.69, 9.17) is 0 Å². The van der Waals surface area contributed by atoms with Crippen LogP contribution in [0.3, 0.4) is 0 Å². The quantitative estimate of drug-likeness (QED) is 0.935. The number of amides is 1. The van der Waals surface area contributed by atoms with E-state index in [9.17, 15) is 13.6 Å². The fraction of sp³-hybridized carbons (Fsp3) is 0.500. The van der Waals surface area contributed by atoms with Gasteiger partial charge in [-0.25, -0.2) is 13.8 Å². The van der Waals surface area contributed by atoms with E-state index >= 15 is 0 Å². The topological polar surface area (TPSA) is 72.7 Å². The van der Waals surface area contributed by atoms with E-state index in [1.54, 1.807) is 24.4 Å². The summed E-state index contributed by atoms with van der Waals surface area (Å²) in [6, 6.07) is 5.24. The van der Waals surface area contributed by atoms with Gasteiger partial charge in [0.25, 0.3) is 0 Å². The van der Waals surface area contributed by atoms with Crippen molar-refractivity contribution < 1.29 is 13.6 Å². The molecule has 1 saturated carbocycles. The summed E-state index contributed by atoms with van der Waals surface area (Å²) >= 11 is 0. The number of nitrogens with one attached hydrogen (secondary N) is 1. The van der Waals surface area contributed by atoms with Crippen molar-refractivity contribution in [3.63, 3.8) is 0 Å². The van der Waals surface area contributed by atoms with Crippen LogP contribution in [-0.4, -0.2) is 31.6 Å². The number of alkyl halides is 2. The molecule has 1 aliphatic carbocycles. The molecule has 128 valence electrons. The van der Waals surface area contributed by atoms with Gasteiger partial charge in [0.1, 0.15) is 6.33 Å². The number of hydrogen-bond donors (Lipinski definition) is 1. The van der Waals surface area contributed by atoms with Crippen molar-refractivity contribution in [3.8, 4) is 5.82 Å². The van der Waals surface area contributed by atoms with Crippen molar-refractivity contribution in [3.05, 3.63) is 30.7 Å².